The van der Waals surface area contributed by atoms with Crippen LogP contribution in [0.5, 0.6) is 11.5 Å². The minimum atomic E-state index is -0.0300. The van der Waals surface area contributed by atoms with E-state index < -0.39 is 0 Å². The van der Waals surface area contributed by atoms with E-state index in [4.69, 9.17) is 9.47 Å². The maximum Gasteiger partial charge on any atom is 0.271 e. The van der Waals surface area contributed by atoms with E-state index in [0.717, 1.165) is 16.1 Å². The molecule has 2 aromatic carbocycles. The molecule has 4 rings (SSSR count). The van der Waals surface area contributed by atoms with Crippen molar-refractivity contribution in [2.45, 2.75) is 20.5 Å². The van der Waals surface area contributed by atoms with E-state index in [0.29, 0.717) is 29.4 Å². The first-order chi connectivity index (χ1) is 14.0. The average Bonchev–Trinajstić information content (AvgIpc) is 3.02. The van der Waals surface area contributed by atoms with Crippen molar-refractivity contribution in [2.24, 2.45) is 4.99 Å². The molecule has 0 saturated carbocycles. The highest BCUT2D eigenvalue weighted by molar-refractivity contribution is 7.07. The first-order valence-corrected chi connectivity index (χ1v) is 10.1. The van der Waals surface area contributed by atoms with Crippen LogP contribution in [-0.4, -0.2) is 25.5 Å². The van der Waals surface area contributed by atoms with Gasteiger partial charge in [-0.25, -0.2) is 4.99 Å². The summed E-state index contributed by atoms with van der Waals surface area (Å²) in [6, 6.07) is 12.0. The number of anilines is 1. The molecular weight excluding hydrogens is 386 g/mol. The molecule has 3 aromatic rings. The van der Waals surface area contributed by atoms with Gasteiger partial charge in [0, 0.05) is 5.69 Å². The number of rotatable bonds is 4. The van der Waals surface area contributed by atoms with E-state index in [2.05, 4.69) is 41.9 Å². The lowest BCUT2D eigenvalue weighted by atomic mass is 10.1. The van der Waals surface area contributed by atoms with Gasteiger partial charge in [-0.3, -0.25) is 9.36 Å². The van der Waals surface area contributed by atoms with E-state index in [9.17, 15) is 4.79 Å². The van der Waals surface area contributed by atoms with Gasteiger partial charge >= 0.3 is 0 Å². The summed E-state index contributed by atoms with van der Waals surface area (Å²) in [5.74, 6) is 1.29. The van der Waals surface area contributed by atoms with Gasteiger partial charge in [-0.05, 0) is 60.9 Å². The molecule has 0 spiro atoms. The number of nitrogens with zero attached hydrogens (tertiary/aromatic N) is 3. The van der Waals surface area contributed by atoms with Gasteiger partial charge in [0.25, 0.3) is 5.56 Å². The van der Waals surface area contributed by atoms with Gasteiger partial charge < -0.3 is 14.4 Å². The van der Waals surface area contributed by atoms with Crippen molar-refractivity contribution in [3.63, 3.8) is 0 Å². The number of aryl methyl sites for hydroxylation is 2. The van der Waals surface area contributed by atoms with Crippen molar-refractivity contribution in [1.29, 1.82) is 0 Å². The lowest BCUT2D eigenvalue weighted by molar-refractivity contribution is 0.355. The van der Waals surface area contributed by atoms with Crippen molar-refractivity contribution in [3.8, 4) is 11.5 Å². The van der Waals surface area contributed by atoms with E-state index >= 15 is 0 Å². The number of methoxy groups -OCH3 is 2. The fraction of sp³-hybridized carbons (Fsp3) is 0.273. The molecule has 1 aromatic heterocycles. The van der Waals surface area contributed by atoms with E-state index in [1.54, 1.807) is 18.8 Å². The summed E-state index contributed by atoms with van der Waals surface area (Å²) in [6.07, 6.45) is 1.87. The molecular formula is C22H23N3O3S. The number of aromatic nitrogens is 1. The van der Waals surface area contributed by atoms with Crippen LogP contribution in [0.15, 0.2) is 46.2 Å². The molecule has 150 valence electrons. The molecule has 0 fully saturated rings. The SMILES string of the molecule is COc1ccc(/C=c2\sc3n(c2=O)CN(c2cc(C)cc(C)c2)CN=3)cc1OC. The number of thiazole rings is 1. The van der Waals surface area contributed by atoms with E-state index in [1.165, 1.54) is 22.5 Å². The monoisotopic (exact) mass is 409 g/mol. The average molecular weight is 410 g/mol. The maximum atomic E-state index is 13.0. The molecule has 0 saturated heterocycles. The Labute approximate surface area is 173 Å². The molecule has 0 bridgehead atoms. The maximum absolute atomic E-state index is 13.0. The minimum Gasteiger partial charge on any atom is -0.493 e. The van der Waals surface area contributed by atoms with E-state index in [-0.39, 0.29) is 5.56 Å². The summed E-state index contributed by atoms with van der Waals surface area (Å²) in [6.45, 7) is 5.20. The second kappa shape index (κ2) is 7.75. The van der Waals surface area contributed by atoms with Crippen molar-refractivity contribution in [2.75, 3.05) is 25.8 Å². The minimum absolute atomic E-state index is 0.0300. The fourth-order valence-electron chi connectivity index (χ4n) is 3.50. The highest BCUT2D eigenvalue weighted by Gasteiger charge is 2.16. The summed E-state index contributed by atoms with van der Waals surface area (Å²) in [5.41, 5.74) is 4.33. The predicted octanol–water partition coefficient (Wildman–Crippen LogP) is 2.43. The molecule has 1 aliphatic rings. The van der Waals surface area contributed by atoms with E-state index in [1.807, 2.05) is 24.3 Å². The summed E-state index contributed by atoms with van der Waals surface area (Å²) in [5, 5.41) is 0. The summed E-state index contributed by atoms with van der Waals surface area (Å²) in [4.78, 5) is 20.5. The third kappa shape index (κ3) is 3.78. The zero-order valence-corrected chi connectivity index (χ0v) is 17.7. The quantitative estimate of drug-likeness (QED) is 0.664. The molecule has 6 nitrogen and oxygen atoms in total. The molecule has 7 heteroatoms. The van der Waals surface area contributed by atoms with Crippen molar-refractivity contribution < 1.29 is 9.47 Å². The molecule has 29 heavy (non-hydrogen) atoms. The lowest BCUT2D eigenvalue weighted by Gasteiger charge is -2.26. The summed E-state index contributed by atoms with van der Waals surface area (Å²) >= 11 is 1.41. The standard InChI is InChI=1S/C22H23N3O3S/c1-14-7-15(2)9-17(8-14)24-12-23-22-25(13-24)21(26)20(29-22)11-16-5-6-18(27-3)19(10-16)28-4/h5-11H,12-13H2,1-4H3/b20-11-. The van der Waals surface area contributed by atoms with Crippen LogP contribution in [0.2, 0.25) is 0 Å². The third-order valence-corrected chi connectivity index (χ3v) is 5.90. The first-order valence-electron chi connectivity index (χ1n) is 9.29. The Balaban J connectivity index is 1.70. The topological polar surface area (TPSA) is 56.1 Å². The molecule has 0 radical (unpaired) electrons. The van der Waals surface area contributed by atoms with Gasteiger partial charge in [-0.2, -0.15) is 0 Å². The molecule has 0 aliphatic carbocycles. The largest absolute Gasteiger partial charge is 0.493 e. The highest BCUT2D eigenvalue weighted by atomic mass is 32.1. The van der Waals surface area contributed by atoms with Gasteiger partial charge in [0.05, 0.1) is 18.8 Å². The highest BCUT2D eigenvalue weighted by Crippen LogP contribution is 2.27. The summed E-state index contributed by atoms with van der Waals surface area (Å²) < 4.78 is 13.0. The van der Waals surface area contributed by atoms with Crippen LogP contribution >= 0.6 is 11.3 Å². The molecule has 0 N–H and O–H groups in total. The predicted molar refractivity (Wildman–Crippen MR) is 116 cm³/mol. The van der Waals surface area contributed by atoms with Crippen LogP contribution in [0, 0.1) is 13.8 Å². The molecule has 0 unspecified atom stereocenters. The smallest absolute Gasteiger partial charge is 0.271 e. The van der Waals surface area contributed by atoms with Crippen LogP contribution in [-0.2, 0) is 6.67 Å². The van der Waals surface area contributed by atoms with Crippen molar-refractivity contribution in [1.82, 2.24) is 4.57 Å². The number of hydrogen-bond acceptors (Lipinski definition) is 6. The molecule has 1 aliphatic heterocycles. The van der Waals surface area contributed by atoms with Crippen molar-refractivity contribution in [3.05, 3.63) is 72.8 Å². The number of hydrogen-bond donors (Lipinski definition) is 0. The second-order valence-electron chi connectivity index (χ2n) is 7.07. The van der Waals surface area contributed by atoms with Crippen molar-refractivity contribution >= 4 is 23.1 Å². The first kappa shape index (κ1) is 19.3. The fourth-order valence-corrected chi connectivity index (χ4v) is 4.46. The Morgan fingerprint density at radius 3 is 2.45 bits per heavy atom. The third-order valence-electron chi connectivity index (χ3n) is 4.85. The Bertz CT molecular complexity index is 1220. The van der Waals surface area contributed by atoms with Crippen LogP contribution < -0.4 is 29.3 Å². The van der Waals surface area contributed by atoms with Gasteiger partial charge in [0.2, 0.25) is 0 Å². The van der Waals surface area contributed by atoms with Crippen LogP contribution in [0.1, 0.15) is 16.7 Å². The second-order valence-corrected chi connectivity index (χ2v) is 8.08. The Morgan fingerprint density at radius 2 is 1.76 bits per heavy atom. The molecule has 2 heterocycles. The normalized spacial score (nSPS) is 13.8. The van der Waals surface area contributed by atoms with Crippen LogP contribution in [0.4, 0.5) is 5.69 Å². The van der Waals surface area contributed by atoms with Gasteiger partial charge in [-0.15, -0.1) is 0 Å². The molecule has 0 atom stereocenters. The lowest BCUT2D eigenvalue weighted by Crippen LogP contribution is -2.42. The molecule has 0 amide bonds. The summed E-state index contributed by atoms with van der Waals surface area (Å²) in [7, 11) is 3.20. The zero-order valence-electron chi connectivity index (χ0n) is 16.9. The van der Waals surface area contributed by atoms with Crippen LogP contribution in [0.25, 0.3) is 6.08 Å². The number of benzene rings is 2. The Morgan fingerprint density at radius 1 is 1.03 bits per heavy atom. The van der Waals surface area contributed by atoms with Gasteiger partial charge in [0.1, 0.15) is 13.3 Å². The van der Waals surface area contributed by atoms with Gasteiger partial charge in [0.15, 0.2) is 16.3 Å². The number of fused-ring (bicyclic) bond motifs is 1. The number of ether oxygens (including phenoxy) is 2. The Hall–Kier alpha value is -3.06. The zero-order chi connectivity index (χ0) is 20.5. The Kier molecular flexibility index (Phi) is 5.15. The van der Waals surface area contributed by atoms with Crippen LogP contribution in [0.3, 0.4) is 0 Å². The van der Waals surface area contributed by atoms with Gasteiger partial charge in [-0.1, -0.05) is 23.5 Å².